The fourth-order valence-corrected chi connectivity index (χ4v) is 2.36. The number of rotatable bonds is 6. The van der Waals surface area contributed by atoms with Crippen LogP contribution in [0.25, 0.3) is 0 Å². The Hall–Kier alpha value is -1.51. The normalized spacial score (nSPS) is 10.7. The number of aryl methyl sites for hydroxylation is 2. The van der Waals surface area contributed by atoms with Crippen molar-refractivity contribution in [1.82, 2.24) is 5.32 Å². The lowest BCUT2D eigenvalue weighted by molar-refractivity contribution is 0.469. The molecular weight excluding hydrogens is 282 g/mol. The van der Waals surface area contributed by atoms with Crippen LogP contribution in [0.4, 0.5) is 0 Å². The lowest BCUT2D eigenvalue weighted by Gasteiger charge is -2.14. The van der Waals surface area contributed by atoms with Crippen LogP contribution in [0, 0.1) is 13.8 Å². The van der Waals surface area contributed by atoms with E-state index in [1.807, 2.05) is 24.3 Å². The Morgan fingerprint density at radius 2 is 1.86 bits per heavy atom. The summed E-state index contributed by atoms with van der Waals surface area (Å²) in [5.41, 5.74) is 3.48. The first-order chi connectivity index (χ1) is 10.1. The Kier molecular flexibility index (Phi) is 5.66. The molecule has 0 saturated carbocycles. The maximum atomic E-state index is 6.11. The van der Waals surface area contributed by atoms with E-state index in [9.17, 15) is 0 Å². The second-order valence-electron chi connectivity index (χ2n) is 5.30. The van der Waals surface area contributed by atoms with Crippen LogP contribution in [0.15, 0.2) is 36.4 Å². The van der Waals surface area contributed by atoms with Crippen molar-refractivity contribution in [2.24, 2.45) is 0 Å². The molecule has 0 saturated heterocycles. The van der Waals surface area contributed by atoms with Gasteiger partial charge in [0.25, 0.3) is 0 Å². The smallest absolute Gasteiger partial charge is 0.133 e. The van der Waals surface area contributed by atoms with E-state index in [1.165, 1.54) is 5.56 Å². The van der Waals surface area contributed by atoms with Crippen molar-refractivity contribution in [1.29, 1.82) is 0 Å². The molecule has 0 aliphatic rings. The molecule has 21 heavy (non-hydrogen) atoms. The van der Waals surface area contributed by atoms with Crippen molar-refractivity contribution in [3.63, 3.8) is 0 Å². The molecule has 0 aliphatic carbocycles. The first kappa shape index (κ1) is 15.9. The van der Waals surface area contributed by atoms with Gasteiger partial charge >= 0.3 is 0 Å². The molecule has 2 aromatic rings. The number of hydrogen-bond acceptors (Lipinski definition) is 2. The van der Waals surface area contributed by atoms with E-state index in [4.69, 9.17) is 16.3 Å². The van der Waals surface area contributed by atoms with Crippen molar-refractivity contribution in [2.45, 2.75) is 33.7 Å². The summed E-state index contributed by atoms with van der Waals surface area (Å²) in [5.74, 6) is 1.69. The third-order valence-corrected chi connectivity index (χ3v) is 3.56. The Morgan fingerprint density at radius 3 is 2.57 bits per heavy atom. The highest BCUT2D eigenvalue weighted by molar-refractivity contribution is 6.30. The summed E-state index contributed by atoms with van der Waals surface area (Å²) in [7, 11) is 0. The zero-order valence-corrected chi connectivity index (χ0v) is 13.6. The molecule has 0 unspecified atom stereocenters. The minimum Gasteiger partial charge on any atom is -0.457 e. The number of nitrogens with one attached hydrogen (secondary N) is 1. The van der Waals surface area contributed by atoms with E-state index in [0.717, 1.165) is 42.1 Å². The van der Waals surface area contributed by atoms with Gasteiger partial charge in [0.15, 0.2) is 0 Å². The predicted octanol–water partition coefficient (Wildman–Crippen LogP) is 5.25. The average molecular weight is 304 g/mol. The molecule has 0 spiro atoms. The summed E-state index contributed by atoms with van der Waals surface area (Å²) in [6.07, 6.45) is 1.11. The number of halogens is 1. The largest absolute Gasteiger partial charge is 0.457 e. The van der Waals surface area contributed by atoms with E-state index in [-0.39, 0.29) is 0 Å². The number of benzene rings is 2. The van der Waals surface area contributed by atoms with Crippen molar-refractivity contribution < 1.29 is 4.74 Å². The molecular formula is C18H22ClNO. The summed E-state index contributed by atoms with van der Waals surface area (Å²) in [6.45, 7) is 8.07. The van der Waals surface area contributed by atoms with Crippen LogP contribution in [-0.2, 0) is 6.54 Å². The van der Waals surface area contributed by atoms with E-state index in [1.54, 1.807) is 0 Å². The van der Waals surface area contributed by atoms with Gasteiger partial charge in [-0.1, -0.05) is 42.3 Å². The van der Waals surface area contributed by atoms with Crippen molar-refractivity contribution in [3.8, 4) is 11.5 Å². The summed E-state index contributed by atoms with van der Waals surface area (Å²) in [4.78, 5) is 0. The SMILES string of the molecule is CCCNCc1ccc(Cl)cc1Oc1ccc(C)cc1C. The van der Waals surface area contributed by atoms with Crippen molar-refractivity contribution in [2.75, 3.05) is 6.54 Å². The molecule has 0 bridgehead atoms. The second kappa shape index (κ2) is 7.48. The van der Waals surface area contributed by atoms with Gasteiger partial charge in [-0.2, -0.15) is 0 Å². The maximum Gasteiger partial charge on any atom is 0.133 e. The zero-order chi connectivity index (χ0) is 15.2. The minimum absolute atomic E-state index is 0.689. The van der Waals surface area contributed by atoms with E-state index in [2.05, 4.69) is 38.2 Å². The van der Waals surface area contributed by atoms with Gasteiger partial charge in [0.1, 0.15) is 11.5 Å². The summed E-state index contributed by atoms with van der Waals surface area (Å²) >= 11 is 6.11. The van der Waals surface area contributed by atoms with Crippen LogP contribution in [0.1, 0.15) is 30.0 Å². The maximum absolute atomic E-state index is 6.11. The third-order valence-electron chi connectivity index (χ3n) is 3.32. The molecule has 2 nitrogen and oxygen atoms in total. The van der Waals surface area contributed by atoms with Crippen LogP contribution >= 0.6 is 11.6 Å². The number of ether oxygens (including phenoxy) is 1. The number of hydrogen-bond donors (Lipinski definition) is 1. The fraction of sp³-hybridized carbons (Fsp3) is 0.333. The molecule has 0 aromatic heterocycles. The van der Waals surface area contributed by atoms with Gasteiger partial charge in [0, 0.05) is 17.1 Å². The highest BCUT2D eigenvalue weighted by atomic mass is 35.5. The Morgan fingerprint density at radius 1 is 1.05 bits per heavy atom. The van der Waals surface area contributed by atoms with Gasteiger partial charge in [-0.25, -0.2) is 0 Å². The third kappa shape index (κ3) is 4.48. The molecule has 2 aromatic carbocycles. The molecule has 0 radical (unpaired) electrons. The molecule has 0 fully saturated rings. The molecule has 2 rings (SSSR count). The monoisotopic (exact) mass is 303 g/mol. The van der Waals surface area contributed by atoms with Crippen LogP contribution in [0.3, 0.4) is 0 Å². The molecule has 1 N–H and O–H groups in total. The van der Waals surface area contributed by atoms with Crippen LogP contribution < -0.4 is 10.1 Å². The predicted molar refractivity (Wildman–Crippen MR) is 89.4 cm³/mol. The van der Waals surface area contributed by atoms with E-state index < -0.39 is 0 Å². The van der Waals surface area contributed by atoms with Gasteiger partial charge in [-0.15, -0.1) is 0 Å². The lowest BCUT2D eigenvalue weighted by atomic mass is 10.1. The van der Waals surface area contributed by atoms with Gasteiger partial charge < -0.3 is 10.1 Å². The summed E-state index contributed by atoms with van der Waals surface area (Å²) in [6, 6.07) is 12.0. The first-order valence-corrected chi connectivity index (χ1v) is 7.72. The van der Waals surface area contributed by atoms with Gasteiger partial charge in [0.05, 0.1) is 0 Å². The van der Waals surface area contributed by atoms with Gasteiger partial charge in [0.2, 0.25) is 0 Å². The molecule has 112 valence electrons. The Balaban J connectivity index is 2.22. The standard InChI is InChI=1S/C18H22ClNO/c1-4-9-20-12-15-6-7-16(19)11-18(15)21-17-8-5-13(2)10-14(17)3/h5-8,10-11,20H,4,9,12H2,1-3H3. The molecule has 0 heterocycles. The van der Waals surface area contributed by atoms with Gasteiger partial charge in [-0.3, -0.25) is 0 Å². The van der Waals surface area contributed by atoms with Crippen LogP contribution in [-0.4, -0.2) is 6.54 Å². The zero-order valence-electron chi connectivity index (χ0n) is 12.9. The van der Waals surface area contributed by atoms with E-state index >= 15 is 0 Å². The average Bonchev–Trinajstić information content (AvgIpc) is 2.44. The van der Waals surface area contributed by atoms with Crippen molar-refractivity contribution >= 4 is 11.6 Å². The highest BCUT2D eigenvalue weighted by Gasteiger charge is 2.08. The second-order valence-corrected chi connectivity index (χ2v) is 5.74. The summed E-state index contributed by atoms with van der Waals surface area (Å²) < 4.78 is 6.08. The molecule has 0 atom stereocenters. The topological polar surface area (TPSA) is 21.3 Å². The Bertz CT molecular complexity index is 610. The van der Waals surface area contributed by atoms with Crippen molar-refractivity contribution in [3.05, 3.63) is 58.1 Å². The van der Waals surface area contributed by atoms with E-state index in [0.29, 0.717) is 5.02 Å². The fourth-order valence-electron chi connectivity index (χ4n) is 2.20. The first-order valence-electron chi connectivity index (χ1n) is 7.34. The Labute approximate surface area is 132 Å². The quantitative estimate of drug-likeness (QED) is 0.736. The summed E-state index contributed by atoms with van der Waals surface area (Å²) in [5, 5.41) is 4.09. The van der Waals surface area contributed by atoms with Gasteiger partial charge in [-0.05, 0) is 50.6 Å². The molecule has 0 aliphatic heterocycles. The van der Waals surface area contributed by atoms with Crippen LogP contribution in [0.5, 0.6) is 11.5 Å². The highest BCUT2D eigenvalue weighted by Crippen LogP contribution is 2.30. The lowest BCUT2D eigenvalue weighted by Crippen LogP contribution is -2.14. The minimum atomic E-state index is 0.689. The molecule has 3 heteroatoms. The van der Waals surface area contributed by atoms with Crippen LogP contribution in [0.2, 0.25) is 5.02 Å². The molecule has 0 amide bonds.